The predicted octanol–water partition coefficient (Wildman–Crippen LogP) is 3.76. The molecule has 2 heteroatoms. The molecule has 0 aliphatic carbocycles. The molecule has 0 atom stereocenters. The van der Waals surface area contributed by atoms with Gasteiger partial charge in [0, 0.05) is 13.1 Å². The van der Waals surface area contributed by atoms with E-state index in [0.29, 0.717) is 5.41 Å². The SMILES string of the molecule is CC(C)CN(CCCC(C)(C)CCN)CC(C)C. The summed E-state index contributed by atoms with van der Waals surface area (Å²) < 4.78 is 0. The number of rotatable bonds is 10. The molecule has 0 radical (unpaired) electrons. The van der Waals surface area contributed by atoms with Crippen molar-refractivity contribution in [3.05, 3.63) is 0 Å². The second-order valence-corrected chi connectivity index (χ2v) is 7.35. The molecule has 2 nitrogen and oxygen atoms in total. The van der Waals surface area contributed by atoms with Crippen molar-refractivity contribution in [2.45, 2.75) is 60.8 Å². The van der Waals surface area contributed by atoms with Gasteiger partial charge in [0.15, 0.2) is 0 Å². The lowest BCUT2D eigenvalue weighted by molar-refractivity contribution is 0.199. The monoisotopic (exact) mass is 256 g/mol. The second kappa shape index (κ2) is 8.92. The van der Waals surface area contributed by atoms with Crippen LogP contribution in [0.5, 0.6) is 0 Å². The molecule has 0 saturated carbocycles. The fourth-order valence-corrected chi connectivity index (χ4v) is 2.59. The Morgan fingerprint density at radius 3 is 1.83 bits per heavy atom. The summed E-state index contributed by atoms with van der Waals surface area (Å²) in [5, 5.41) is 0. The number of nitrogens with zero attached hydrogens (tertiary/aromatic N) is 1. The van der Waals surface area contributed by atoms with E-state index in [0.717, 1.165) is 24.8 Å². The topological polar surface area (TPSA) is 29.3 Å². The van der Waals surface area contributed by atoms with Crippen LogP contribution in [-0.2, 0) is 0 Å². The highest BCUT2D eigenvalue weighted by molar-refractivity contribution is 4.71. The molecule has 18 heavy (non-hydrogen) atoms. The Labute approximate surface area is 115 Å². The van der Waals surface area contributed by atoms with Gasteiger partial charge >= 0.3 is 0 Å². The van der Waals surface area contributed by atoms with Crippen LogP contribution in [0.4, 0.5) is 0 Å². The van der Waals surface area contributed by atoms with Crippen LogP contribution in [0, 0.1) is 17.3 Å². The Morgan fingerprint density at radius 2 is 1.44 bits per heavy atom. The minimum atomic E-state index is 0.413. The normalized spacial score (nSPS) is 13.0. The van der Waals surface area contributed by atoms with Crippen molar-refractivity contribution in [1.29, 1.82) is 0 Å². The minimum Gasteiger partial charge on any atom is -0.330 e. The summed E-state index contributed by atoms with van der Waals surface area (Å²) in [6, 6.07) is 0. The van der Waals surface area contributed by atoms with Gasteiger partial charge < -0.3 is 10.6 Å². The molecule has 0 rings (SSSR count). The second-order valence-electron chi connectivity index (χ2n) is 7.35. The summed E-state index contributed by atoms with van der Waals surface area (Å²) >= 11 is 0. The van der Waals surface area contributed by atoms with E-state index < -0.39 is 0 Å². The zero-order valence-corrected chi connectivity index (χ0v) is 13.6. The van der Waals surface area contributed by atoms with E-state index in [1.165, 1.54) is 32.5 Å². The molecular formula is C16H36N2. The van der Waals surface area contributed by atoms with Gasteiger partial charge in [0.05, 0.1) is 0 Å². The average Bonchev–Trinajstić information content (AvgIpc) is 2.14. The molecule has 0 aliphatic heterocycles. The molecule has 0 bridgehead atoms. The smallest absolute Gasteiger partial charge is 0.000449 e. The highest BCUT2D eigenvalue weighted by Gasteiger charge is 2.17. The molecule has 0 heterocycles. The van der Waals surface area contributed by atoms with Crippen molar-refractivity contribution in [3.8, 4) is 0 Å². The van der Waals surface area contributed by atoms with Gasteiger partial charge in [-0.05, 0) is 49.6 Å². The van der Waals surface area contributed by atoms with Crippen LogP contribution < -0.4 is 5.73 Å². The zero-order valence-electron chi connectivity index (χ0n) is 13.6. The lowest BCUT2D eigenvalue weighted by atomic mass is 9.84. The molecule has 0 aliphatic rings. The third-order valence-electron chi connectivity index (χ3n) is 3.40. The molecule has 0 aromatic carbocycles. The number of hydrogen-bond acceptors (Lipinski definition) is 2. The highest BCUT2D eigenvalue weighted by atomic mass is 15.1. The summed E-state index contributed by atoms with van der Waals surface area (Å²) in [4.78, 5) is 2.63. The van der Waals surface area contributed by atoms with E-state index in [4.69, 9.17) is 5.73 Å². The van der Waals surface area contributed by atoms with Gasteiger partial charge in [-0.25, -0.2) is 0 Å². The van der Waals surface area contributed by atoms with Gasteiger partial charge in [-0.2, -0.15) is 0 Å². The van der Waals surface area contributed by atoms with Crippen molar-refractivity contribution >= 4 is 0 Å². The standard InChI is InChI=1S/C16H36N2/c1-14(2)12-18(13-15(3)4)11-7-8-16(5,6)9-10-17/h14-15H,7-13,17H2,1-6H3. The molecule has 0 unspecified atom stereocenters. The third kappa shape index (κ3) is 9.90. The van der Waals surface area contributed by atoms with Gasteiger partial charge in [0.2, 0.25) is 0 Å². The Morgan fingerprint density at radius 1 is 0.944 bits per heavy atom. The first kappa shape index (κ1) is 17.9. The fraction of sp³-hybridized carbons (Fsp3) is 1.00. The Kier molecular flexibility index (Phi) is 8.89. The molecule has 0 amide bonds. The fourth-order valence-electron chi connectivity index (χ4n) is 2.59. The number of nitrogens with two attached hydrogens (primary N) is 1. The molecule has 0 fully saturated rings. The first-order valence-electron chi connectivity index (χ1n) is 7.69. The molecule has 0 aromatic heterocycles. The van der Waals surface area contributed by atoms with Crippen molar-refractivity contribution in [2.75, 3.05) is 26.2 Å². The summed E-state index contributed by atoms with van der Waals surface area (Å²) in [7, 11) is 0. The van der Waals surface area contributed by atoms with E-state index in [1.807, 2.05) is 0 Å². The summed E-state index contributed by atoms with van der Waals surface area (Å²) in [5.41, 5.74) is 6.08. The first-order chi connectivity index (χ1) is 8.26. The minimum absolute atomic E-state index is 0.413. The summed E-state index contributed by atoms with van der Waals surface area (Å²) in [5.74, 6) is 1.53. The maximum Gasteiger partial charge on any atom is 0.000449 e. The molecular weight excluding hydrogens is 220 g/mol. The lowest BCUT2D eigenvalue weighted by Gasteiger charge is -2.29. The molecule has 110 valence electrons. The Bertz CT molecular complexity index is 187. The summed E-state index contributed by atoms with van der Waals surface area (Å²) in [6.45, 7) is 18.4. The quantitative estimate of drug-likeness (QED) is 0.645. The van der Waals surface area contributed by atoms with Crippen LogP contribution in [0.15, 0.2) is 0 Å². The van der Waals surface area contributed by atoms with Crippen molar-refractivity contribution < 1.29 is 0 Å². The van der Waals surface area contributed by atoms with Gasteiger partial charge in [0.1, 0.15) is 0 Å². The van der Waals surface area contributed by atoms with Crippen LogP contribution >= 0.6 is 0 Å². The van der Waals surface area contributed by atoms with Crippen LogP contribution in [-0.4, -0.2) is 31.1 Å². The van der Waals surface area contributed by atoms with E-state index in [1.54, 1.807) is 0 Å². The first-order valence-corrected chi connectivity index (χ1v) is 7.69. The maximum atomic E-state index is 5.67. The van der Waals surface area contributed by atoms with Crippen LogP contribution in [0.1, 0.15) is 60.8 Å². The van der Waals surface area contributed by atoms with Crippen molar-refractivity contribution in [2.24, 2.45) is 23.0 Å². The third-order valence-corrected chi connectivity index (χ3v) is 3.40. The molecule has 2 N–H and O–H groups in total. The Hall–Kier alpha value is -0.0800. The molecule has 0 spiro atoms. The zero-order chi connectivity index (χ0) is 14.2. The van der Waals surface area contributed by atoms with E-state index >= 15 is 0 Å². The van der Waals surface area contributed by atoms with Gasteiger partial charge in [-0.15, -0.1) is 0 Å². The average molecular weight is 256 g/mol. The predicted molar refractivity (Wildman–Crippen MR) is 82.8 cm³/mol. The van der Waals surface area contributed by atoms with Crippen LogP contribution in [0.2, 0.25) is 0 Å². The van der Waals surface area contributed by atoms with Crippen LogP contribution in [0.25, 0.3) is 0 Å². The largest absolute Gasteiger partial charge is 0.330 e. The highest BCUT2D eigenvalue weighted by Crippen LogP contribution is 2.26. The number of hydrogen-bond donors (Lipinski definition) is 1. The van der Waals surface area contributed by atoms with Gasteiger partial charge in [0.25, 0.3) is 0 Å². The maximum absolute atomic E-state index is 5.67. The Balaban J connectivity index is 4.02. The van der Waals surface area contributed by atoms with E-state index in [-0.39, 0.29) is 0 Å². The van der Waals surface area contributed by atoms with E-state index in [9.17, 15) is 0 Å². The molecule has 0 aromatic rings. The molecule has 0 saturated heterocycles. The van der Waals surface area contributed by atoms with Gasteiger partial charge in [-0.3, -0.25) is 0 Å². The lowest BCUT2D eigenvalue weighted by Crippen LogP contribution is -2.33. The van der Waals surface area contributed by atoms with E-state index in [2.05, 4.69) is 46.4 Å². The van der Waals surface area contributed by atoms with Gasteiger partial charge in [-0.1, -0.05) is 41.5 Å². The van der Waals surface area contributed by atoms with Crippen molar-refractivity contribution in [3.63, 3.8) is 0 Å². The van der Waals surface area contributed by atoms with Crippen LogP contribution in [0.3, 0.4) is 0 Å². The summed E-state index contributed by atoms with van der Waals surface area (Å²) in [6.07, 6.45) is 3.73. The van der Waals surface area contributed by atoms with Crippen molar-refractivity contribution in [1.82, 2.24) is 4.90 Å².